The number of hydrogen-bond donors (Lipinski definition) is 2. The normalized spacial score (nSPS) is 10.5. The molecule has 9 heteroatoms. The fourth-order valence-electron chi connectivity index (χ4n) is 3.33. The van der Waals surface area contributed by atoms with Gasteiger partial charge in [0, 0.05) is 12.7 Å². The largest absolute Gasteiger partial charge is 0.496 e. The quantitative estimate of drug-likeness (QED) is 0.366. The number of nitrogens with zero attached hydrogens (tertiary/aromatic N) is 3. The zero-order valence-electron chi connectivity index (χ0n) is 18.7. The lowest BCUT2D eigenvalue weighted by Crippen LogP contribution is -2.19. The van der Waals surface area contributed by atoms with Crippen LogP contribution in [0.1, 0.15) is 10.4 Å². The van der Waals surface area contributed by atoms with E-state index in [0.717, 1.165) is 5.56 Å². The predicted octanol–water partition coefficient (Wildman–Crippen LogP) is 4.47. The van der Waals surface area contributed by atoms with E-state index in [1.807, 2.05) is 54.1 Å². The van der Waals surface area contributed by atoms with Crippen molar-refractivity contribution in [2.45, 2.75) is 5.16 Å². The van der Waals surface area contributed by atoms with Gasteiger partial charge in [0.2, 0.25) is 5.91 Å². The molecule has 2 amide bonds. The highest BCUT2D eigenvalue weighted by Crippen LogP contribution is 2.30. The zero-order valence-corrected chi connectivity index (χ0v) is 19.5. The molecule has 8 nitrogen and oxygen atoms in total. The first-order chi connectivity index (χ1) is 16.6. The fraction of sp³-hybridized carbons (Fsp3) is 0.120. The van der Waals surface area contributed by atoms with Crippen LogP contribution in [0.25, 0.3) is 11.4 Å². The van der Waals surface area contributed by atoms with Crippen LogP contribution in [0.15, 0.2) is 84.0 Å². The molecule has 0 saturated carbocycles. The third-order valence-electron chi connectivity index (χ3n) is 4.99. The lowest BCUT2D eigenvalue weighted by atomic mass is 10.1. The van der Waals surface area contributed by atoms with Crippen LogP contribution in [-0.4, -0.2) is 39.4 Å². The molecule has 0 aliphatic carbocycles. The maximum atomic E-state index is 12.7. The van der Waals surface area contributed by atoms with Crippen molar-refractivity contribution in [3.05, 3.63) is 84.4 Å². The molecule has 0 aliphatic heterocycles. The Morgan fingerprint density at radius 3 is 2.41 bits per heavy atom. The molecule has 2 N–H and O–H groups in total. The molecule has 0 bridgehead atoms. The Labute approximate surface area is 201 Å². The van der Waals surface area contributed by atoms with E-state index >= 15 is 0 Å². The van der Waals surface area contributed by atoms with Crippen molar-refractivity contribution < 1.29 is 14.3 Å². The lowest BCUT2D eigenvalue weighted by molar-refractivity contribution is -0.113. The molecule has 0 fully saturated rings. The molecule has 1 aromatic heterocycles. The average Bonchev–Trinajstić information content (AvgIpc) is 3.23. The molecule has 0 spiro atoms. The van der Waals surface area contributed by atoms with E-state index in [0.29, 0.717) is 33.7 Å². The van der Waals surface area contributed by atoms with Crippen molar-refractivity contribution in [1.82, 2.24) is 14.8 Å². The molecular weight excluding hydrogens is 450 g/mol. The number of para-hydroxylation sites is 3. The summed E-state index contributed by atoms with van der Waals surface area (Å²) in [4.78, 5) is 25.4. The number of anilines is 2. The van der Waals surface area contributed by atoms with Gasteiger partial charge in [0.25, 0.3) is 5.91 Å². The molecule has 34 heavy (non-hydrogen) atoms. The highest BCUT2D eigenvalue weighted by atomic mass is 32.2. The van der Waals surface area contributed by atoms with E-state index in [1.54, 1.807) is 43.5 Å². The second-order valence-electron chi connectivity index (χ2n) is 7.27. The van der Waals surface area contributed by atoms with Gasteiger partial charge in [-0.1, -0.05) is 54.2 Å². The van der Waals surface area contributed by atoms with Crippen molar-refractivity contribution >= 4 is 35.0 Å². The van der Waals surface area contributed by atoms with E-state index in [9.17, 15) is 9.59 Å². The molecule has 1 heterocycles. The summed E-state index contributed by atoms with van der Waals surface area (Å²) in [6.45, 7) is 0. The summed E-state index contributed by atoms with van der Waals surface area (Å²) in [7, 11) is 3.44. The molecule has 0 aliphatic rings. The molecule has 172 valence electrons. The Morgan fingerprint density at radius 2 is 1.62 bits per heavy atom. The van der Waals surface area contributed by atoms with E-state index in [-0.39, 0.29) is 17.6 Å². The number of methoxy groups -OCH3 is 1. The first-order valence-corrected chi connectivity index (χ1v) is 11.5. The molecule has 0 radical (unpaired) electrons. The first-order valence-electron chi connectivity index (χ1n) is 10.5. The van der Waals surface area contributed by atoms with Gasteiger partial charge in [-0.2, -0.15) is 0 Å². The van der Waals surface area contributed by atoms with Gasteiger partial charge >= 0.3 is 0 Å². The van der Waals surface area contributed by atoms with Gasteiger partial charge in [-0.15, -0.1) is 10.2 Å². The van der Waals surface area contributed by atoms with Gasteiger partial charge < -0.3 is 19.9 Å². The summed E-state index contributed by atoms with van der Waals surface area (Å²) in [6, 6.07) is 23.6. The number of thioether (sulfide) groups is 1. The Kier molecular flexibility index (Phi) is 7.24. The second kappa shape index (κ2) is 10.7. The summed E-state index contributed by atoms with van der Waals surface area (Å²) in [6.07, 6.45) is 0. The molecule has 0 unspecified atom stereocenters. The Balaban J connectivity index is 1.42. The van der Waals surface area contributed by atoms with Crippen LogP contribution in [0.4, 0.5) is 11.4 Å². The van der Waals surface area contributed by atoms with Crippen LogP contribution in [0.5, 0.6) is 5.75 Å². The molecule has 0 atom stereocenters. The van der Waals surface area contributed by atoms with E-state index in [4.69, 9.17) is 4.74 Å². The third kappa shape index (κ3) is 5.26. The van der Waals surface area contributed by atoms with Crippen molar-refractivity contribution in [1.29, 1.82) is 0 Å². The maximum Gasteiger partial charge on any atom is 0.257 e. The number of ether oxygens (including phenoxy) is 1. The van der Waals surface area contributed by atoms with E-state index < -0.39 is 0 Å². The minimum absolute atomic E-state index is 0.104. The van der Waals surface area contributed by atoms with Gasteiger partial charge in [-0.05, 0) is 36.4 Å². The molecular formula is C25H23N5O3S. The average molecular weight is 474 g/mol. The van der Waals surface area contributed by atoms with Crippen LogP contribution >= 0.6 is 11.8 Å². The summed E-state index contributed by atoms with van der Waals surface area (Å²) in [5, 5.41) is 14.7. The summed E-state index contributed by atoms with van der Waals surface area (Å²) >= 11 is 1.26. The smallest absolute Gasteiger partial charge is 0.257 e. The van der Waals surface area contributed by atoms with Crippen LogP contribution < -0.4 is 15.4 Å². The molecule has 4 aromatic rings. The highest BCUT2D eigenvalue weighted by molar-refractivity contribution is 7.99. The van der Waals surface area contributed by atoms with Crippen LogP contribution in [0.3, 0.4) is 0 Å². The number of rotatable bonds is 8. The molecule has 3 aromatic carbocycles. The number of hydrogen-bond acceptors (Lipinski definition) is 6. The number of benzene rings is 3. The van der Waals surface area contributed by atoms with Gasteiger partial charge in [0.05, 0.1) is 29.7 Å². The molecule has 4 rings (SSSR count). The first kappa shape index (κ1) is 23.1. The Hall–Kier alpha value is -4.11. The van der Waals surface area contributed by atoms with Gasteiger partial charge in [-0.25, -0.2) is 0 Å². The lowest BCUT2D eigenvalue weighted by Gasteiger charge is -2.11. The minimum atomic E-state index is -0.301. The summed E-state index contributed by atoms with van der Waals surface area (Å²) < 4.78 is 7.23. The number of carbonyl (C=O) groups is 2. The summed E-state index contributed by atoms with van der Waals surface area (Å²) in [5.74, 6) is 0.879. The topological polar surface area (TPSA) is 98.1 Å². The van der Waals surface area contributed by atoms with Gasteiger partial charge in [0.15, 0.2) is 11.0 Å². The van der Waals surface area contributed by atoms with E-state index in [2.05, 4.69) is 20.8 Å². The highest BCUT2D eigenvalue weighted by Gasteiger charge is 2.17. The van der Waals surface area contributed by atoms with Gasteiger partial charge in [0.1, 0.15) is 5.75 Å². The maximum absolute atomic E-state index is 12.7. The van der Waals surface area contributed by atoms with E-state index in [1.165, 1.54) is 11.8 Å². The van der Waals surface area contributed by atoms with Crippen LogP contribution in [-0.2, 0) is 11.8 Å². The minimum Gasteiger partial charge on any atom is -0.496 e. The standard InChI is InChI=1S/C25H23N5O3S/c1-30-23(19-13-7-9-15-21(19)33-2)28-29-25(30)34-16-22(31)27-20-14-8-6-12-18(20)24(32)26-17-10-4-3-5-11-17/h3-15H,16H2,1-2H3,(H,26,32)(H,27,31). The fourth-order valence-corrected chi connectivity index (χ4v) is 4.04. The number of nitrogens with one attached hydrogen (secondary N) is 2. The third-order valence-corrected chi connectivity index (χ3v) is 6.01. The Morgan fingerprint density at radius 1 is 0.912 bits per heavy atom. The van der Waals surface area contributed by atoms with Crippen molar-refractivity contribution in [2.24, 2.45) is 7.05 Å². The van der Waals surface area contributed by atoms with Gasteiger partial charge in [-0.3, -0.25) is 9.59 Å². The van der Waals surface area contributed by atoms with Crippen LogP contribution in [0, 0.1) is 0 Å². The SMILES string of the molecule is COc1ccccc1-c1nnc(SCC(=O)Nc2ccccc2C(=O)Nc2ccccc2)n1C. The number of amides is 2. The monoisotopic (exact) mass is 473 g/mol. The Bertz CT molecular complexity index is 1310. The molecule has 0 saturated heterocycles. The summed E-state index contributed by atoms with van der Waals surface area (Å²) in [5.41, 5.74) is 2.31. The second-order valence-corrected chi connectivity index (χ2v) is 8.21. The van der Waals surface area contributed by atoms with Crippen molar-refractivity contribution in [2.75, 3.05) is 23.5 Å². The predicted molar refractivity (Wildman–Crippen MR) is 133 cm³/mol. The number of carbonyl (C=O) groups excluding carboxylic acids is 2. The van der Waals surface area contributed by atoms with Crippen molar-refractivity contribution in [3.63, 3.8) is 0 Å². The van der Waals surface area contributed by atoms with Crippen molar-refractivity contribution in [3.8, 4) is 17.1 Å². The zero-order chi connectivity index (χ0) is 23.9. The van der Waals surface area contributed by atoms with Crippen LogP contribution in [0.2, 0.25) is 0 Å². The number of aromatic nitrogens is 3.